The maximum Gasteiger partial charge on any atom is 0.235 e. The van der Waals surface area contributed by atoms with E-state index in [1.165, 1.54) is 12.8 Å². The molecule has 3 rings (SSSR count). The molecule has 0 spiro atoms. The van der Waals surface area contributed by atoms with Gasteiger partial charge in [-0.15, -0.1) is 0 Å². The first kappa shape index (κ1) is 17.8. The van der Waals surface area contributed by atoms with Gasteiger partial charge in [0.2, 0.25) is 11.8 Å². The van der Waals surface area contributed by atoms with E-state index in [4.69, 9.17) is 4.74 Å². The van der Waals surface area contributed by atoms with E-state index in [0.717, 1.165) is 37.0 Å². The van der Waals surface area contributed by atoms with Crippen LogP contribution in [0.15, 0.2) is 24.3 Å². The third-order valence-corrected chi connectivity index (χ3v) is 5.44. The number of carbonyl (C=O) groups excluding carboxylic acids is 2. The van der Waals surface area contributed by atoms with Crippen molar-refractivity contribution >= 4 is 11.8 Å². The van der Waals surface area contributed by atoms with E-state index in [2.05, 4.69) is 10.6 Å². The van der Waals surface area contributed by atoms with Crippen LogP contribution >= 0.6 is 0 Å². The number of para-hydroxylation sites is 1. The molecule has 5 heteroatoms. The molecule has 0 heterocycles. The van der Waals surface area contributed by atoms with Gasteiger partial charge in [-0.05, 0) is 31.7 Å². The van der Waals surface area contributed by atoms with Crippen molar-refractivity contribution in [1.82, 2.24) is 10.6 Å². The molecule has 25 heavy (non-hydrogen) atoms. The molecule has 2 N–H and O–H groups in total. The first-order valence-corrected chi connectivity index (χ1v) is 9.37. The largest absolute Gasteiger partial charge is 0.496 e. The average Bonchev–Trinajstić information content (AvgIpc) is 3.45. The third-order valence-electron chi connectivity index (χ3n) is 5.44. The summed E-state index contributed by atoms with van der Waals surface area (Å²) in [5.74, 6) is 0.497. The fourth-order valence-corrected chi connectivity index (χ4v) is 3.62. The molecule has 0 bridgehead atoms. The Bertz CT molecular complexity index is 617. The SMILES string of the molecule is COc1ccccc1CNC(=O)C1(C(=O)NC2CCCCCC2)CC1. The predicted octanol–water partition coefficient (Wildman–Crippen LogP) is 2.93. The highest BCUT2D eigenvalue weighted by molar-refractivity contribution is 6.07. The summed E-state index contributed by atoms with van der Waals surface area (Å²) >= 11 is 0. The fourth-order valence-electron chi connectivity index (χ4n) is 3.62. The van der Waals surface area contributed by atoms with Gasteiger partial charge in [-0.25, -0.2) is 0 Å². The van der Waals surface area contributed by atoms with E-state index in [1.807, 2.05) is 24.3 Å². The Labute approximate surface area is 149 Å². The number of hydrogen-bond acceptors (Lipinski definition) is 3. The Kier molecular flexibility index (Phi) is 5.61. The number of nitrogens with one attached hydrogen (secondary N) is 2. The van der Waals surface area contributed by atoms with Crippen LogP contribution in [0.1, 0.15) is 56.9 Å². The van der Waals surface area contributed by atoms with Crippen LogP contribution in [0, 0.1) is 5.41 Å². The van der Waals surface area contributed by atoms with Crippen LogP contribution in [0.4, 0.5) is 0 Å². The van der Waals surface area contributed by atoms with E-state index in [1.54, 1.807) is 7.11 Å². The summed E-state index contributed by atoms with van der Waals surface area (Å²) in [4.78, 5) is 25.3. The second kappa shape index (κ2) is 7.89. The summed E-state index contributed by atoms with van der Waals surface area (Å²) < 4.78 is 5.31. The molecule has 0 atom stereocenters. The van der Waals surface area contributed by atoms with Crippen molar-refractivity contribution in [2.24, 2.45) is 5.41 Å². The Morgan fingerprint density at radius 2 is 1.76 bits per heavy atom. The molecular weight excluding hydrogens is 316 g/mol. The van der Waals surface area contributed by atoms with Crippen molar-refractivity contribution in [3.05, 3.63) is 29.8 Å². The molecule has 0 saturated heterocycles. The molecule has 1 aromatic rings. The Hall–Kier alpha value is -2.04. The van der Waals surface area contributed by atoms with Crippen LogP contribution in [-0.2, 0) is 16.1 Å². The minimum absolute atomic E-state index is 0.0862. The van der Waals surface area contributed by atoms with E-state index in [9.17, 15) is 9.59 Å². The third kappa shape index (κ3) is 4.14. The molecule has 2 aliphatic rings. The number of methoxy groups -OCH3 is 1. The molecule has 2 saturated carbocycles. The summed E-state index contributed by atoms with van der Waals surface area (Å²) in [6.45, 7) is 0.376. The Morgan fingerprint density at radius 3 is 2.40 bits per heavy atom. The zero-order chi connectivity index (χ0) is 17.7. The molecular formula is C20H28N2O3. The number of rotatable bonds is 6. The summed E-state index contributed by atoms with van der Waals surface area (Å²) in [5.41, 5.74) is 0.0623. The van der Waals surface area contributed by atoms with E-state index in [-0.39, 0.29) is 17.9 Å². The maximum atomic E-state index is 12.7. The Morgan fingerprint density at radius 1 is 1.08 bits per heavy atom. The van der Waals surface area contributed by atoms with Gasteiger partial charge in [0.05, 0.1) is 7.11 Å². The van der Waals surface area contributed by atoms with Gasteiger partial charge in [-0.1, -0.05) is 43.9 Å². The van der Waals surface area contributed by atoms with Crippen molar-refractivity contribution in [1.29, 1.82) is 0 Å². The minimum Gasteiger partial charge on any atom is -0.496 e. The fraction of sp³-hybridized carbons (Fsp3) is 0.600. The molecule has 1 aromatic carbocycles. The number of carbonyl (C=O) groups is 2. The van der Waals surface area contributed by atoms with Crippen molar-refractivity contribution in [3.8, 4) is 5.75 Å². The summed E-state index contributed by atoms with van der Waals surface area (Å²) in [7, 11) is 1.61. The van der Waals surface area contributed by atoms with Crippen LogP contribution in [0.3, 0.4) is 0 Å². The minimum atomic E-state index is -0.853. The molecule has 2 amide bonds. The standard InChI is InChI=1S/C20H28N2O3/c1-25-17-11-7-6-8-15(17)14-21-18(23)20(12-13-20)19(24)22-16-9-4-2-3-5-10-16/h6-8,11,16H,2-5,9-10,12-14H2,1H3,(H,21,23)(H,22,24). The first-order chi connectivity index (χ1) is 12.2. The van der Waals surface area contributed by atoms with Crippen LogP contribution in [0.2, 0.25) is 0 Å². The van der Waals surface area contributed by atoms with Crippen molar-refractivity contribution in [2.75, 3.05) is 7.11 Å². The number of ether oxygens (including phenoxy) is 1. The van der Waals surface area contributed by atoms with Crippen LogP contribution < -0.4 is 15.4 Å². The molecule has 0 aromatic heterocycles. The lowest BCUT2D eigenvalue weighted by Crippen LogP contribution is -2.46. The molecule has 0 radical (unpaired) electrons. The van der Waals surface area contributed by atoms with Crippen molar-refractivity contribution in [2.45, 2.75) is 64.0 Å². The van der Waals surface area contributed by atoms with Crippen LogP contribution in [-0.4, -0.2) is 25.0 Å². The smallest absolute Gasteiger partial charge is 0.235 e. The monoisotopic (exact) mass is 344 g/mol. The molecule has 0 unspecified atom stereocenters. The van der Waals surface area contributed by atoms with E-state index >= 15 is 0 Å². The second-order valence-corrected chi connectivity index (χ2v) is 7.24. The maximum absolute atomic E-state index is 12.7. The number of hydrogen-bond donors (Lipinski definition) is 2. The van der Waals surface area contributed by atoms with E-state index in [0.29, 0.717) is 19.4 Å². The van der Waals surface area contributed by atoms with E-state index < -0.39 is 5.41 Å². The van der Waals surface area contributed by atoms with Gasteiger partial charge in [-0.2, -0.15) is 0 Å². The highest BCUT2D eigenvalue weighted by Crippen LogP contribution is 2.46. The zero-order valence-electron chi connectivity index (χ0n) is 15.0. The van der Waals surface area contributed by atoms with Gasteiger partial charge in [-0.3, -0.25) is 9.59 Å². The van der Waals surface area contributed by atoms with Crippen LogP contribution in [0.25, 0.3) is 0 Å². The normalized spacial score (nSPS) is 19.6. The van der Waals surface area contributed by atoms with Gasteiger partial charge >= 0.3 is 0 Å². The van der Waals surface area contributed by atoms with Gasteiger partial charge in [0, 0.05) is 18.2 Å². The summed E-state index contributed by atoms with van der Waals surface area (Å²) in [6, 6.07) is 7.83. The lowest BCUT2D eigenvalue weighted by atomic mass is 10.0. The summed E-state index contributed by atoms with van der Waals surface area (Å²) in [5, 5.41) is 6.07. The van der Waals surface area contributed by atoms with Crippen molar-refractivity contribution in [3.63, 3.8) is 0 Å². The highest BCUT2D eigenvalue weighted by atomic mass is 16.5. The number of benzene rings is 1. The molecule has 136 valence electrons. The van der Waals surface area contributed by atoms with Gasteiger partial charge in [0.25, 0.3) is 0 Å². The average molecular weight is 344 g/mol. The summed E-state index contributed by atoms with van der Waals surface area (Å²) in [6.07, 6.45) is 8.17. The van der Waals surface area contributed by atoms with Crippen molar-refractivity contribution < 1.29 is 14.3 Å². The molecule has 2 aliphatic carbocycles. The molecule has 0 aliphatic heterocycles. The van der Waals surface area contributed by atoms with Gasteiger partial charge in [0.15, 0.2) is 0 Å². The van der Waals surface area contributed by atoms with Gasteiger partial charge < -0.3 is 15.4 Å². The van der Waals surface area contributed by atoms with Gasteiger partial charge in [0.1, 0.15) is 11.2 Å². The predicted molar refractivity (Wildman–Crippen MR) is 96.1 cm³/mol. The Balaban J connectivity index is 1.56. The highest BCUT2D eigenvalue weighted by Gasteiger charge is 2.56. The number of amides is 2. The molecule has 2 fully saturated rings. The lowest BCUT2D eigenvalue weighted by Gasteiger charge is -2.21. The quantitative estimate of drug-likeness (QED) is 0.616. The first-order valence-electron chi connectivity index (χ1n) is 9.37. The lowest BCUT2D eigenvalue weighted by molar-refractivity contribution is -0.137. The zero-order valence-corrected chi connectivity index (χ0v) is 15.0. The topological polar surface area (TPSA) is 67.4 Å². The van der Waals surface area contributed by atoms with Crippen LogP contribution in [0.5, 0.6) is 5.75 Å². The molecule has 5 nitrogen and oxygen atoms in total. The second-order valence-electron chi connectivity index (χ2n) is 7.24.